The molecular formula is C28H27N5O2. The number of carbonyl (C=O) groups is 1. The molecule has 3 aliphatic rings. The minimum Gasteiger partial charge on any atom is -0.508 e. The molecule has 0 bridgehead atoms. The molecule has 1 saturated carbocycles. The highest BCUT2D eigenvalue weighted by molar-refractivity contribution is 6.18. The SMILES string of the molecule is CCN1C(=O)c2nc(C#Cc3ccccc3)n(Cc3cccc(O)c3)c2N2CC3(CCCC3)N=C12. The van der Waals surface area contributed by atoms with Gasteiger partial charge in [-0.1, -0.05) is 49.1 Å². The van der Waals surface area contributed by atoms with Crippen LogP contribution in [0, 0.1) is 11.8 Å². The molecule has 1 fully saturated rings. The van der Waals surface area contributed by atoms with E-state index in [-0.39, 0.29) is 17.2 Å². The first-order chi connectivity index (χ1) is 17.1. The molecule has 1 N–H and O–H groups in total. The predicted molar refractivity (Wildman–Crippen MR) is 135 cm³/mol. The molecule has 7 nitrogen and oxygen atoms in total. The first-order valence-corrected chi connectivity index (χ1v) is 12.2. The van der Waals surface area contributed by atoms with Crippen LogP contribution in [0.2, 0.25) is 0 Å². The number of aromatic hydroxyl groups is 1. The van der Waals surface area contributed by atoms with Crippen LogP contribution >= 0.6 is 0 Å². The van der Waals surface area contributed by atoms with Crippen LogP contribution in [0.3, 0.4) is 0 Å². The Morgan fingerprint density at radius 3 is 2.60 bits per heavy atom. The summed E-state index contributed by atoms with van der Waals surface area (Å²) in [5, 5.41) is 10.1. The zero-order chi connectivity index (χ0) is 24.0. The summed E-state index contributed by atoms with van der Waals surface area (Å²) in [6.07, 6.45) is 4.40. The average Bonchev–Trinajstić information content (AvgIpc) is 3.57. The maximum atomic E-state index is 13.6. The van der Waals surface area contributed by atoms with Gasteiger partial charge in [-0.15, -0.1) is 0 Å². The molecule has 35 heavy (non-hydrogen) atoms. The summed E-state index contributed by atoms with van der Waals surface area (Å²) in [6, 6.07) is 16.9. The molecule has 1 amide bonds. The Kier molecular flexibility index (Phi) is 5.10. The van der Waals surface area contributed by atoms with Gasteiger partial charge in [-0.05, 0) is 55.5 Å². The normalized spacial score (nSPS) is 17.7. The minimum absolute atomic E-state index is 0.134. The average molecular weight is 466 g/mol. The molecule has 0 unspecified atom stereocenters. The maximum Gasteiger partial charge on any atom is 0.283 e. The number of nitrogens with zero attached hydrogens (tertiary/aromatic N) is 5. The summed E-state index contributed by atoms with van der Waals surface area (Å²) in [6.45, 7) is 3.69. The second-order valence-electron chi connectivity index (χ2n) is 9.46. The molecule has 0 saturated heterocycles. The van der Waals surface area contributed by atoms with Crippen molar-refractivity contribution in [1.82, 2.24) is 14.5 Å². The van der Waals surface area contributed by atoms with Gasteiger partial charge in [0.15, 0.2) is 11.5 Å². The van der Waals surface area contributed by atoms with Gasteiger partial charge in [0, 0.05) is 12.1 Å². The van der Waals surface area contributed by atoms with Crippen molar-refractivity contribution in [1.29, 1.82) is 0 Å². The number of aliphatic imine (C=N–C) groups is 1. The van der Waals surface area contributed by atoms with Gasteiger partial charge in [0.2, 0.25) is 5.96 Å². The van der Waals surface area contributed by atoms with E-state index in [0.29, 0.717) is 24.6 Å². The highest BCUT2D eigenvalue weighted by atomic mass is 16.3. The van der Waals surface area contributed by atoms with Crippen molar-refractivity contribution in [2.75, 3.05) is 18.0 Å². The fourth-order valence-corrected chi connectivity index (χ4v) is 5.45. The van der Waals surface area contributed by atoms with E-state index in [1.54, 1.807) is 17.0 Å². The smallest absolute Gasteiger partial charge is 0.283 e. The Morgan fingerprint density at radius 2 is 1.86 bits per heavy atom. The lowest BCUT2D eigenvalue weighted by molar-refractivity contribution is 0.0841. The van der Waals surface area contributed by atoms with Crippen molar-refractivity contribution >= 4 is 17.7 Å². The molecule has 3 aromatic rings. The number of aromatic nitrogens is 2. The number of carbonyl (C=O) groups excluding carboxylic acids is 1. The number of benzene rings is 2. The maximum absolute atomic E-state index is 13.6. The summed E-state index contributed by atoms with van der Waals surface area (Å²) in [4.78, 5) is 27.4. The zero-order valence-corrected chi connectivity index (χ0v) is 19.7. The predicted octanol–water partition coefficient (Wildman–Crippen LogP) is 4.00. The fraction of sp³-hybridized carbons (Fsp3) is 0.321. The molecule has 2 aromatic carbocycles. The van der Waals surface area contributed by atoms with Crippen molar-refractivity contribution < 1.29 is 9.90 Å². The Balaban J connectivity index is 1.51. The molecular weight excluding hydrogens is 438 g/mol. The van der Waals surface area contributed by atoms with Crippen molar-refractivity contribution in [2.24, 2.45) is 4.99 Å². The number of rotatable bonds is 3. The Hall–Kier alpha value is -4.05. The van der Waals surface area contributed by atoms with Crippen molar-refractivity contribution in [2.45, 2.75) is 44.7 Å². The van der Waals surface area contributed by atoms with E-state index >= 15 is 0 Å². The van der Waals surface area contributed by atoms with E-state index < -0.39 is 0 Å². The van der Waals surface area contributed by atoms with E-state index in [9.17, 15) is 9.90 Å². The molecule has 1 spiro atoms. The van der Waals surface area contributed by atoms with Crippen LogP contribution in [0.5, 0.6) is 5.75 Å². The van der Waals surface area contributed by atoms with Crippen LogP contribution in [0.1, 0.15) is 60.0 Å². The number of anilines is 1. The summed E-state index contributed by atoms with van der Waals surface area (Å²) in [5.74, 6) is 8.50. The topological polar surface area (TPSA) is 74.0 Å². The number of phenols is 1. The van der Waals surface area contributed by atoms with Crippen LogP contribution in [0.25, 0.3) is 0 Å². The fourth-order valence-electron chi connectivity index (χ4n) is 5.45. The molecule has 6 rings (SSSR count). The van der Waals surface area contributed by atoms with Gasteiger partial charge in [0.25, 0.3) is 5.91 Å². The zero-order valence-electron chi connectivity index (χ0n) is 19.7. The number of imidazole rings is 1. The number of phenolic OH excluding ortho intramolecular Hbond substituents is 1. The molecule has 176 valence electrons. The Labute approximate surface area is 204 Å². The van der Waals surface area contributed by atoms with Gasteiger partial charge < -0.3 is 5.11 Å². The van der Waals surface area contributed by atoms with Crippen LogP contribution < -0.4 is 4.90 Å². The largest absolute Gasteiger partial charge is 0.508 e. The minimum atomic E-state index is -0.138. The van der Waals surface area contributed by atoms with Crippen molar-refractivity contribution in [3.8, 4) is 17.6 Å². The molecule has 0 radical (unpaired) electrons. The number of guanidine groups is 1. The van der Waals surface area contributed by atoms with Gasteiger partial charge >= 0.3 is 0 Å². The molecule has 7 heteroatoms. The third-order valence-corrected chi connectivity index (χ3v) is 7.11. The quantitative estimate of drug-likeness (QED) is 0.594. The third kappa shape index (κ3) is 3.66. The summed E-state index contributed by atoms with van der Waals surface area (Å²) in [5.41, 5.74) is 2.07. The highest BCUT2D eigenvalue weighted by Crippen LogP contribution is 2.43. The van der Waals surface area contributed by atoms with Gasteiger partial charge in [-0.2, -0.15) is 0 Å². The summed E-state index contributed by atoms with van der Waals surface area (Å²) < 4.78 is 2.01. The second-order valence-corrected chi connectivity index (χ2v) is 9.46. The van der Waals surface area contributed by atoms with E-state index in [1.165, 1.54) is 0 Å². The van der Waals surface area contributed by atoms with Crippen molar-refractivity contribution in [3.63, 3.8) is 0 Å². The number of fused-ring (bicyclic) bond motifs is 3. The van der Waals surface area contributed by atoms with Crippen LogP contribution in [0.4, 0.5) is 5.82 Å². The van der Waals surface area contributed by atoms with E-state index in [4.69, 9.17) is 9.98 Å². The second kappa shape index (κ2) is 8.31. The lowest BCUT2D eigenvalue weighted by Gasteiger charge is -2.34. The van der Waals surface area contributed by atoms with Gasteiger partial charge in [-0.3, -0.25) is 19.2 Å². The Morgan fingerprint density at radius 1 is 1.06 bits per heavy atom. The van der Waals surface area contributed by atoms with Crippen LogP contribution in [0.15, 0.2) is 59.6 Å². The molecule has 2 aliphatic heterocycles. The first kappa shape index (κ1) is 21.5. The van der Waals surface area contributed by atoms with E-state index in [1.807, 2.05) is 54.0 Å². The lowest BCUT2D eigenvalue weighted by Crippen LogP contribution is -2.51. The summed E-state index contributed by atoms with van der Waals surface area (Å²) in [7, 11) is 0. The van der Waals surface area contributed by atoms with Gasteiger partial charge in [-0.25, -0.2) is 9.98 Å². The standard InChI is InChI=1S/C28H27N5O2/c1-2-31-26(35)24-25(33-19-28(30-27(31)33)15-6-7-16-28)32(18-21-11-8-12-22(34)17-21)23(29-24)14-13-20-9-4-3-5-10-20/h3-5,8-12,17,34H,2,6-7,15-16,18-19H2,1H3. The van der Waals surface area contributed by atoms with E-state index in [0.717, 1.165) is 55.1 Å². The number of hydrogen-bond acceptors (Lipinski definition) is 5. The monoisotopic (exact) mass is 465 g/mol. The number of hydrogen-bond donors (Lipinski definition) is 1. The van der Waals surface area contributed by atoms with Crippen LogP contribution in [-0.4, -0.2) is 50.1 Å². The summed E-state index contributed by atoms with van der Waals surface area (Å²) >= 11 is 0. The van der Waals surface area contributed by atoms with Gasteiger partial charge in [0.1, 0.15) is 11.6 Å². The van der Waals surface area contributed by atoms with Crippen LogP contribution in [-0.2, 0) is 6.54 Å². The van der Waals surface area contributed by atoms with E-state index in [2.05, 4.69) is 16.7 Å². The highest BCUT2D eigenvalue weighted by Gasteiger charge is 2.49. The molecule has 1 aromatic heterocycles. The lowest BCUT2D eigenvalue weighted by atomic mass is 9.99. The molecule has 0 atom stereocenters. The molecule has 3 heterocycles. The number of amides is 1. The van der Waals surface area contributed by atoms with Crippen molar-refractivity contribution in [3.05, 3.63) is 77.2 Å². The Bertz CT molecular complexity index is 1390. The molecule has 1 aliphatic carbocycles. The van der Waals surface area contributed by atoms with Gasteiger partial charge in [0.05, 0.1) is 18.6 Å². The third-order valence-electron chi connectivity index (χ3n) is 7.11. The first-order valence-electron chi connectivity index (χ1n) is 12.2.